The van der Waals surface area contributed by atoms with E-state index >= 15 is 0 Å². The fourth-order valence-electron chi connectivity index (χ4n) is 1.25. The summed E-state index contributed by atoms with van der Waals surface area (Å²) in [5, 5.41) is 9.23. The molecule has 0 bridgehead atoms. The van der Waals surface area contributed by atoms with Crippen molar-refractivity contribution in [2.45, 2.75) is 6.54 Å². The summed E-state index contributed by atoms with van der Waals surface area (Å²) in [4.78, 5) is 12.6. The zero-order valence-electron chi connectivity index (χ0n) is 9.24. The summed E-state index contributed by atoms with van der Waals surface area (Å²) in [6.45, 7) is -0.132. The van der Waals surface area contributed by atoms with Gasteiger partial charge in [0.1, 0.15) is 12.4 Å². The molecule has 1 aromatic carbocycles. The van der Waals surface area contributed by atoms with Crippen LogP contribution in [0.25, 0.3) is 0 Å². The Morgan fingerprint density at radius 1 is 1.56 bits per heavy atom. The van der Waals surface area contributed by atoms with Crippen molar-refractivity contribution in [3.8, 4) is 5.75 Å². The molecule has 1 aromatic rings. The second-order valence-corrected chi connectivity index (χ2v) is 3.77. The Balaban J connectivity index is 2.78. The highest BCUT2D eigenvalue weighted by molar-refractivity contribution is 6.31. The topological polar surface area (TPSA) is 49.8 Å². The minimum Gasteiger partial charge on any atom is -0.497 e. The Bertz CT molecular complexity index is 381. The van der Waals surface area contributed by atoms with Gasteiger partial charge in [0.2, 0.25) is 5.91 Å². The molecule has 0 aliphatic rings. The fraction of sp³-hybridized carbons (Fsp3) is 0.364. The van der Waals surface area contributed by atoms with Crippen molar-refractivity contribution >= 4 is 17.5 Å². The normalized spacial score (nSPS) is 10.0. The van der Waals surface area contributed by atoms with Crippen LogP contribution in [0.3, 0.4) is 0 Å². The molecule has 0 aliphatic carbocycles. The van der Waals surface area contributed by atoms with Crippen LogP contribution in [0.1, 0.15) is 5.56 Å². The smallest absolute Gasteiger partial charge is 0.248 e. The van der Waals surface area contributed by atoms with Gasteiger partial charge < -0.3 is 14.7 Å². The summed E-state index contributed by atoms with van der Waals surface area (Å²) in [6.07, 6.45) is 0. The van der Waals surface area contributed by atoms with Crippen molar-refractivity contribution < 1.29 is 14.6 Å². The zero-order chi connectivity index (χ0) is 12.1. The zero-order valence-corrected chi connectivity index (χ0v) is 9.99. The van der Waals surface area contributed by atoms with Gasteiger partial charge in [-0.1, -0.05) is 17.7 Å². The van der Waals surface area contributed by atoms with Crippen LogP contribution in [-0.2, 0) is 11.3 Å². The number of carbonyl (C=O) groups is 1. The number of rotatable bonds is 4. The highest BCUT2D eigenvalue weighted by Crippen LogP contribution is 2.23. The molecular weight excluding hydrogens is 230 g/mol. The van der Waals surface area contributed by atoms with Gasteiger partial charge in [0, 0.05) is 18.6 Å². The van der Waals surface area contributed by atoms with E-state index in [0.29, 0.717) is 17.3 Å². The van der Waals surface area contributed by atoms with Crippen molar-refractivity contribution in [2.24, 2.45) is 0 Å². The predicted molar refractivity (Wildman–Crippen MR) is 61.6 cm³/mol. The second kappa shape index (κ2) is 5.72. The van der Waals surface area contributed by atoms with Gasteiger partial charge in [-0.2, -0.15) is 0 Å². The Morgan fingerprint density at radius 2 is 2.25 bits per heavy atom. The van der Waals surface area contributed by atoms with E-state index in [0.717, 1.165) is 5.56 Å². The van der Waals surface area contributed by atoms with Gasteiger partial charge in [-0.15, -0.1) is 0 Å². The molecule has 0 saturated carbocycles. The number of nitrogens with zero attached hydrogens (tertiary/aromatic N) is 1. The monoisotopic (exact) mass is 243 g/mol. The van der Waals surface area contributed by atoms with Gasteiger partial charge in [0.05, 0.1) is 7.11 Å². The van der Waals surface area contributed by atoms with E-state index in [2.05, 4.69) is 0 Å². The lowest BCUT2D eigenvalue weighted by Gasteiger charge is -2.17. The van der Waals surface area contributed by atoms with Crippen LogP contribution in [0.4, 0.5) is 0 Å². The van der Waals surface area contributed by atoms with Gasteiger partial charge >= 0.3 is 0 Å². The summed E-state index contributed by atoms with van der Waals surface area (Å²) in [5.74, 6) is 0.330. The van der Waals surface area contributed by atoms with Gasteiger partial charge in [0.25, 0.3) is 0 Å². The Kier molecular flexibility index (Phi) is 4.58. The Labute approximate surface area is 99.4 Å². The first-order chi connectivity index (χ1) is 7.58. The minimum absolute atomic E-state index is 0.341. The lowest BCUT2D eigenvalue weighted by Crippen LogP contribution is -2.28. The molecule has 0 aliphatic heterocycles. The number of hydrogen-bond donors (Lipinski definition) is 1. The van der Waals surface area contributed by atoms with Crippen molar-refractivity contribution in [3.63, 3.8) is 0 Å². The molecular formula is C11H14ClNO3. The summed E-state index contributed by atoms with van der Waals surface area (Å²) >= 11 is 6.02. The van der Waals surface area contributed by atoms with Crippen molar-refractivity contribution in [3.05, 3.63) is 28.8 Å². The highest BCUT2D eigenvalue weighted by atomic mass is 35.5. The highest BCUT2D eigenvalue weighted by Gasteiger charge is 2.10. The van der Waals surface area contributed by atoms with E-state index in [-0.39, 0.29) is 5.91 Å². The van der Waals surface area contributed by atoms with Crippen LogP contribution >= 0.6 is 11.6 Å². The van der Waals surface area contributed by atoms with E-state index in [1.165, 1.54) is 4.90 Å². The molecule has 5 heteroatoms. The van der Waals surface area contributed by atoms with Gasteiger partial charge in [-0.05, 0) is 17.7 Å². The predicted octanol–water partition coefficient (Wildman–Crippen LogP) is 1.30. The van der Waals surface area contributed by atoms with Crippen molar-refractivity contribution in [2.75, 3.05) is 20.8 Å². The first kappa shape index (κ1) is 12.8. The largest absolute Gasteiger partial charge is 0.497 e. The number of hydrogen-bond acceptors (Lipinski definition) is 3. The average molecular weight is 244 g/mol. The van der Waals surface area contributed by atoms with E-state index in [1.54, 1.807) is 32.4 Å². The molecule has 0 atom stereocenters. The first-order valence-corrected chi connectivity index (χ1v) is 5.13. The summed E-state index contributed by atoms with van der Waals surface area (Å²) in [5.41, 5.74) is 0.812. The number of halogens is 1. The fourth-order valence-corrected chi connectivity index (χ4v) is 1.48. The molecule has 1 N–H and O–H groups in total. The maximum atomic E-state index is 11.2. The molecule has 88 valence electrons. The third kappa shape index (κ3) is 3.12. The molecule has 16 heavy (non-hydrogen) atoms. The maximum absolute atomic E-state index is 11.2. The summed E-state index contributed by atoms with van der Waals surface area (Å²) in [6, 6.07) is 5.26. The number of aliphatic hydroxyl groups excluding tert-OH is 1. The van der Waals surface area contributed by atoms with Gasteiger partial charge in [0.15, 0.2) is 0 Å². The standard InChI is InChI=1S/C11H14ClNO3/c1-13(11(15)7-14)6-8-3-4-9(16-2)5-10(8)12/h3-5,14H,6-7H2,1-2H3. The second-order valence-electron chi connectivity index (χ2n) is 3.37. The number of methoxy groups -OCH3 is 1. The average Bonchev–Trinajstić information content (AvgIpc) is 2.30. The first-order valence-electron chi connectivity index (χ1n) is 4.75. The number of ether oxygens (including phenoxy) is 1. The Hall–Kier alpha value is -1.26. The van der Waals surface area contributed by atoms with E-state index in [9.17, 15) is 4.79 Å². The molecule has 0 spiro atoms. The third-order valence-electron chi connectivity index (χ3n) is 2.23. The lowest BCUT2D eigenvalue weighted by molar-refractivity contribution is -0.133. The minimum atomic E-state index is -0.496. The molecule has 0 radical (unpaired) electrons. The maximum Gasteiger partial charge on any atom is 0.248 e. The number of aliphatic hydroxyl groups is 1. The Morgan fingerprint density at radius 3 is 2.75 bits per heavy atom. The number of carbonyl (C=O) groups excluding carboxylic acids is 1. The molecule has 0 heterocycles. The van der Waals surface area contributed by atoms with Gasteiger partial charge in [-0.3, -0.25) is 4.79 Å². The lowest BCUT2D eigenvalue weighted by atomic mass is 10.2. The number of benzene rings is 1. The molecule has 1 rings (SSSR count). The molecule has 1 amide bonds. The van der Waals surface area contributed by atoms with E-state index in [1.807, 2.05) is 0 Å². The molecule has 0 fully saturated rings. The summed E-state index contributed by atoms with van der Waals surface area (Å²) < 4.78 is 5.02. The molecule has 0 unspecified atom stereocenters. The van der Waals surface area contributed by atoms with Crippen LogP contribution in [-0.4, -0.2) is 36.7 Å². The van der Waals surface area contributed by atoms with Crippen LogP contribution in [0.2, 0.25) is 5.02 Å². The van der Waals surface area contributed by atoms with E-state index in [4.69, 9.17) is 21.4 Å². The number of likely N-dealkylation sites (N-methyl/N-ethyl adjacent to an activating group) is 1. The van der Waals surface area contributed by atoms with Crippen LogP contribution in [0.15, 0.2) is 18.2 Å². The molecule has 4 nitrogen and oxygen atoms in total. The molecule has 0 aromatic heterocycles. The van der Waals surface area contributed by atoms with E-state index < -0.39 is 6.61 Å². The quantitative estimate of drug-likeness (QED) is 0.867. The SMILES string of the molecule is COc1ccc(CN(C)C(=O)CO)c(Cl)c1. The van der Waals surface area contributed by atoms with Crippen LogP contribution in [0.5, 0.6) is 5.75 Å². The summed E-state index contributed by atoms with van der Waals surface area (Å²) in [7, 11) is 3.17. The van der Waals surface area contributed by atoms with Crippen LogP contribution in [0, 0.1) is 0 Å². The van der Waals surface area contributed by atoms with Gasteiger partial charge in [-0.25, -0.2) is 0 Å². The third-order valence-corrected chi connectivity index (χ3v) is 2.58. The van der Waals surface area contributed by atoms with Crippen LogP contribution < -0.4 is 4.74 Å². The molecule has 0 saturated heterocycles. The van der Waals surface area contributed by atoms with Crippen molar-refractivity contribution in [1.29, 1.82) is 0 Å². The number of amides is 1. The van der Waals surface area contributed by atoms with Crippen molar-refractivity contribution in [1.82, 2.24) is 4.90 Å².